The Balaban J connectivity index is 2.74. The third-order valence-corrected chi connectivity index (χ3v) is 2.46. The Bertz CT molecular complexity index is 189. The van der Waals surface area contributed by atoms with E-state index in [1.165, 1.54) is 0 Å². The molecule has 6 nitrogen and oxygen atoms in total. The summed E-state index contributed by atoms with van der Waals surface area (Å²) in [5.41, 5.74) is 0. The van der Waals surface area contributed by atoms with Gasteiger partial charge in [0.05, 0.1) is 12.6 Å². The Morgan fingerprint density at radius 2 is 1.71 bits per heavy atom. The van der Waals surface area contributed by atoms with Gasteiger partial charge in [-0.15, -0.1) is 0 Å². The number of likely N-dealkylation sites (N-methyl/N-ethyl adjacent to an activating group) is 1. The lowest BCUT2D eigenvalue weighted by Gasteiger charge is -2.42. The van der Waals surface area contributed by atoms with Crippen molar-refractivity contribution in [3.05, 3.63) is 0 Å². The topological polar surface area (TPSA) is 93.4 Å². The monoisotopic (exact) mass is 207 g/mol. The molecule has 0 amide bonds. The van der Waals surface area contributed by atoms with Crippen LogP contribution in [0.2, 0.25) is 0 Å². The minimum absolute atomic E-state index is 0.435. The van der Waals surface area contributed by atoms with Crippen molar-refractivity contribution in [1.82, 2.24) is 4.90 Å². The number of hydrogen-bond donors (Lipinski definition) is 4. The standard InChI is InChI=1S/C8H17NO5/c1-9(2)5-7(12)6(11)4(3-10)14-8(5)13/h4-8,10-13H,3H2,1-2H3/t4-,5+,6+,7+,8-/m1/s1. The third kappa shape index (κ3) is 2.05. The molecule has 0 radical (unpaired) electrons. The van der Waals surface area contributed by atoms with Crippen LogP contribution in [0.3, 0.4) is 0 Å². The average Bonchev–Trinajstić information content (AvgIpc) is 2.10. The summed E-state index contributed by atoms with van der Waals surface area (Å²) in [6, 6.07) is -0.687. The van der Waals surface area contributed by atoms with Gasteiger partial charge in [0.15, 0.2) is 6.29 Å². The zero-order valence-electron chi connectivity index (χ0n) is 8.24. The molecule has 1 saturated heterocycles. The van der Waals surface area contributed by atoms with Crippen molar-refractivity contribution in [1.29, 1.82) is 0 Å². The summed E-state index contributed by atoms with van der Waals surface area (Å²) in [6.45, 7) is -0.435. The fraction of sp³-hybridized carbons (Fsp3) is 1.00. The molecule has 1 aliphatic rings. The lowest BCUT2D eigenvalue weighted by Crippen LogP contribution is -2.62. The fourth-order valence-electron chi connectivity index (χ4n) is 1.64. The van der Waals surface area contributed by atoms with E-state index in [0.717, 1.165) is 0 Å². The van der Waals surface area contributed by atoms with Gasteiger partial charge in [-0.25, -0.2) is 0 Å². The van der Waals surface area contributed by atoms with Crippen LogP contribution in [-0.2, 0) is 4.74 Å². The Kier molecular flexibility index (Phi) is 3.82. The van der Waals surface area contributed by atoms with Crippen LogP contribution in [0.15, 0.2) is 0 Å². The van der Waals surface area contributed by atoms with Gasteiger partial charge in [0.25, 0.3) is 0 Å². The van der Waals surface area contributed by atoms with Crippen molar-refractivity contribution < 1.29 is 25.2 Å². The van der Waals surface area contributed by atoms with Crippen molar-refractivity contribution in [3.63, 3.8) is 0 Å². The maximum atomic E-state index is 9.64. The molecule has 84 valence electrons. The minimum Gasteiger partial charge on any atom is -0.394 e. The van der Waals surface area contributed by atoms with Crippen LogP contribution >= 0.6 is 0 Å². The van der Waals surface area contributed by atoms with Gasteiger partial charge in [0.1, 0.15) is 18.3 Å². The first-order valence-corrected chi connectivity index (χ1v) is 4.46. The van der Waals surface area contributed by atoms with Crippen molar-refractivity contribution in [3.8, 4) is 0 Å². The van der Waals surface area contributed by atoms with Gasteiger partial charge in [0.2, 0.25) is 0 Å². The van der Waals surface area contributed by atoms with Gasteiger partial charge in [-0.05, 0) is 14.1 Å². The zero-order valence-corrected chi connectivity index (χ0v) is 8.24. The second kappa shape index (κ2) is 4.52. The molecule has 1 heterocycles. The predicted molar refractivity (Wildman–Crippen MR) is 47.5 cm³/mol. The van der Waals surface area contributed by atoms with E-state index < -0.39 is 37.3 Å². The molecule has 4 N–H and O–H groups in total. The lowest BCUT2D eigenvalue weighted by atomic mass is 9.96. The molecular formula is C8H17NO5. The summed E-state index contributed by atoms with van der Waals surface area (Å²) in [5, 5.41) is 37.4. The maximum Gasteiger partial charge on any atom is 0.173 e. The number of hydrogen-bond acceptors (Lipinski definition) is 6. The highest BCUT2D eigenvalue weighted by atomic mass is 16.6. The molecular weight excluding hydrogens is 190 g/mol. The van der Waals surface area contributed by atoms with Gasteiger partial charge in [-0.1, -0.05) is 0 Å². The molecule has 0 aromatic carbocycles. The molecule has 14 heavy (non-hydrogen) atoms. The summed E-state index contributed by atoms with van der Waals surface area (Å²) < 4.78 is 4.95. The van der Waals surface area contributed by atoms with Crippen LogP contribution in [0.25, 0.3) is 0 Å². The molecule has 0 saturated carbocycles. The zero-order chi connectivity index (χ0) is 10.9. The van der Waals surface area contributed by atoms with Crippen LogP contribution < -0.4 is 0 Å². The van der Waals surface area contributed by atoms with E-state index in [4.69, 9.17) is 9.84 Å². The summed E-state index contributed by atoms with van der Waals surface area (Å²) in [7, 11) is 3.32. The first kappa shape index (κ1) is 11.8. The fourth-order valence-corrected chi connectivity index (χ4v) is 1.64. The Labute approximate surface area is 82.3 Å². The first-order valence-electron chi connectivity index (χ1n) is 4.46. The minimum atomic E-state index is -1.21. The van der Waals surface area contributed by atoms with E-state index in [1.807, 2.05) is 0 Å². The van der Waals surface area contributed by atoms with Crippen molar-refractivity contribution in [2.24, 2.45) is 0 Å². The summed E-state index contributed by atoms with van der Waals surface area (Å²) >= 11 is 0. The van der Waals surface area contributed by atoms with E-state index in [9.17, 15) is 15.3 Å². The van der Waals surface area contributed by atoms with Gasteiger partial charge >= 0.3 is 0 Å². The molecule has 0 aliphatic carbocycles. The molecule has 0 aromatic rings. The lowest BCUT2D eigenvalue weighted by molar-refractivity contribution is -0.268. The smallest absolute Gasteiger partial charge is 0.173 e. The van der Waals surface area contributed by atoms with Gasteiger partial charge in [0, 0.05) is 0 Å². The quantitative estimate of drug-likeness (QED) is 0.395. The van der Waals surface area contributed by atoms with E-state index in [1.54, 1.807) is 19.0 Å². The molecule has 0 unspecified atom stereocenters. The highest BCUT2D eigenvalue weighted by Gasteiger charge is 2.44. The van der Waals surface area contributed by atoms with Crippen molar-refractivity contribution >= 4 is 0 Å². The van der Waals surface area contributed by atoms with E-state index in [0.29, 0.717) is 0 Å². The Morgan fingerprint density at radius 1 is 1.14 bits per heavy atom. The second-order valence-electron chi connectivity index (χ2n) is 3.68. The predicted octanol–water partition coefficient (Wildman–Crippen LogP) is -2.65. The number of ether oxygens (including phenoxy) is 1. The highest BCUT2D eigenvalue weighted by Crippen LogP contribution is 2.22. The highest BCUT2D eigenvalue weighted by molar-refractivity contribution is 4.92. The van der Waals surface area contributed by atoms with Gasteiger partial charge < -0.3 is 25.2 Å². The number of aliphatic hydroxyl groups is 4. The molecule has 0 bridgehead atoms. The molecule has 1 aliphatic heterocycles. The van der Waals surface area contributed by atoms with Gasteiger partial charge in [-0.2, -0.15) is 0 Å². The van der Waals surface area contributed by atoms with E-state index >= 15 is 0 Å². The Hall–Kier alpha value is -0.240. The molecule has 1 rings (SSSR count). The molecule has 5 atom stereocenters. The molecule has 0 spiro atoms. The SMILES string of the molecule is CN(C)[C@H]1[C@H](O)[C@@H](O)[C@@H](CO)O[C@H]1O. The van der Waals surface area contributed by atoms with Crippen LogP contribution in [0.5, 0.6) is 0 Å². The van der Waals surface area contributed by atoms with Gasteiger partial charge in [-0.3, -0.25) is 4.90 Å². The third-order valence-electron chi connectivity index (χ3n) is 2.46. The molecule has 6 heteroatoms. The summed E-state index contributed by atoms with van der Waals surface area (Å²) in [6.07, 6.45) is -4.46. The summed E-state index contributed by atoms with van der Waals surface area (Å²) in [4.78, 5) is 1.56. The molecule has 1 fully saturated rings. The Morgan fingerprint density at radius 3 is 2.14 bits per heavy atom. The van der Waals surface area contributed by atoms with Crippen LogP contribution in [0.1, 0.15) is 0 Å². The number of rotatable bonds is 2. The maximum absolute atomic E-state index is 9.64. The van der Waals surface area contributed by atoms with Crippen LogP contribution in [0.4, 0.5) is 0 Å². The normalized spacial score (nSPS) is 44.4. The largest absolute Gasteiger partial charge is 0.394 e. The average molecular weight is 207 g/mol. The van der Waals surface area contributed by atoms with Crippen LogP contribution in [-0.4, -0.2) is 76.7 Å². The molecule has 0 aromatic heterocycles. The first-order chi connectivity index (χ1) is 6.49. The number of nitrogens with zero attached hydrogens (tertiary/aromatic N) is 1. The summed E-state index contributed by atoms with van der Waals surface area (Å²) in [5.74, 6) is 0. The van der Waals surface area contributed by atoms with Crippen molar-refractivity contribution in [2.45, 2.75) is 30.6 Å². The van der Waals surface area contributed by atoms with E-state index in [-0.39, 0.29) is 0 Å². The number of aliphatic hydroxyl groups excluding tert-OH is 4. The second-order valence-corrected chi connectivity index (χ2v) is 3.68. The van der Waals surface area contributed by atoms with Crippen LogP contribution in [0, 0.1) is 0 Å². The van der Waals surface area contributed by atoms with E-state index in [2.05, 4.69) is 0 Å². The van der Waals surface area contributed by atoms with Crippen molar-refractivity contribution in [2.75, 3.05) is 20.7 Å².